The summed E-state index contributed by atoms with van der Waals surface area (Å²) < 4.78 is 48.3. The van der Waals surface area contributed by atoms with E-state index in [9.17, 15) is 27.6 Å². The average molecular weight is 432 g/mol. The fourth-order valence-corrected chi connectivity index (χ4v) is 2.45. The first-order chi connectivity index (χ1) is 13.8. The van der Waals surface area contributed by atoms with Crippen LogP contribution in [-0.2, 0) is 25.5 Å². The lowest BCUT2D eigenvalue weighted by molar-refractivity contribution is -0.163. The highest BCUT2D eigenvalue weighted by atomic mass is 19.4. The molecule has 0 aliphatic rings. The van der Waals surface area contributed by atoms with E-state index >= 15 is 0 Å². The molecule has 0 fully saturated rings. The number of amides is 2. The summed E-state index contributed by atoms with van der Waals surface area (Å²) in [5, 5.41) is 4.40. The van der Waals surface area contributed by atoms with Crippen molar-refractivity contribution in [3.63, 3.8) is 0 Å². The Bertz CT molecular complexity index is 717. The summed E-state index contributed by atoms with van der Waals surface area (Å²) in [4.78, 5) is 36.7. The topological polar surface area (TPSA) is 93.7 Å². The van der Waals surface area contributed by atoms with Crippen LogP contribution in [-0.4, -0.2) is 48.4 Å². The Hall–Kier alpha value is -2.78. The summed E-state index contributed by atoms with van der Waals surface area (Å²) in [6.07, 6.45) is -7.24. The lowest BCUT2D eigenvalue weighted by Gasteiger charge is -2.25. The minimum Gasteiger partial charge on any atom is -0.464 e. The fourth-order valence-electron chi connectivity index (χ4n) is 2.45. The molecule has 1 rings (SSSR count). The number of rotatable bonds is 8. The van der Waals surface area contributed by atoms with Gasteiger partial charge in [-0.2, -0.15) is 13.2 Å². The number of hydrogen-bond acceptors (Lipinski definition) is 5. The van der Waals surface area contributed by atoms with E-state index in [1.807, 2.05) is 5.32 Å². The van der Waals surface area contributed by atoms with E-state index in [1.165, 1.54) is 6.92 Å². The summed E-state index contributed by atoms with van der Waals surface area (Å²) in [7, 11) is 0. The van der Waals surface area contributed by atoms with Crippen LogP contribution in [0, 0.1) is 0 Å². The maximum atomic E-state index is 12.9. The van der Waals surface area contributed by atoms with E-state index in [0.717, 1.165) is 0 Å². The van der Waals surface area contributed by atoms with Gasteiger partial charge in [-0.15, -0.1) is 0 Å². The highest BCUT2D eigenvalue weighted by Crippen LogP contribution is 2.22. The highest BCUT2D eigenvalue weighted by molar-refractivity contribution is 5.90. The molecule has 168 valence electrons. The van der Waals surface area contributed by atoms with Crippen LogP contribution in [0.15, 0.2) is 30.3 Å². The molecule has 0 saturated carbocycles. The number of ether oxygens (including phenoxy) is 2. The predicted octanol–water partition coefficient (Wildman–Crippen LogP) is 3.12. The van der Waals surface area contributed by atoms with Gasteiger partial charge in [-0.05, 0) is 33.3 Å². The van der Waals surface area contributed by atoms with Crippen LogP contribution >= 0.6 is 0 Å². The van der Waals surface area contributed by atoms with Crippen molar-refractivity contribution in [1.82, 2.24) is 10.6 Å². The van der Waals surface area contributed by atoms with Gasteiger partial charge in [0.2, 0.25) is 5.91 Å². The summed E-state index contributed by atoms with van der Waals surface area (Å²) in [6, 6.07) is 5.35. The van der Waals surface area contributed by atoms with Crippen LogP contribution in [0.3, 0.4) is 0 Å². The monoisotopic (exact) mass is 432 g/mol. The SMILES string of the molecule is CCOC(=O)C(CC(F)(F)F)NC(=O)C(Cc1ccccc1)NC(=O)OC(C)(C)C. The molecule has 1 aromatic carbocycles. The first-order valence-electron chi connectivity index (χ1n) is 9.38. The van der Waals surface area contributed by atoms with Gasteiger partial charge in [0.05, 0.1) is 13.0 Å². The molecule has 2 atom stereocenters. The smallest absolute Gasteiger partial charge is 0.408 e. The predicted molar refractivity (Wildman–Crippen MR) is 103 cm³/mol. The number of nitrogens with one attached hydrogen (secondary N) is 2. The van der Waals surface area contributed by atoms with Gasteiger partial charge in [0.1, 0.15) is 17.7 Å². The molecule has 0 aromatic heterocycles. The van der Waals surface area contributed by atoms with Crippen molar-refractivity contribution in [3.05, 3.63) is 35.9 Å². The number of esters is 1. The second-order valence-electron chi connectivity index (χ2n) is 7.52. The first kappa shape index (κ1) is 25.3. The molecule has 0 heterocycles. The highest BCUT2D eigenvalue weighted by Gasteiger charge is 2.38. The van der Waals surface area contributed by atoms with Crippen LogP contribution < -0.4 is 10.6 Å². The van der Waals surface area contributed by atoms with Gasteiger partial charge in [0.25, 0.3) is 0 Å². The summed E-state index contributed by atoms with van der Waals surface area (Å²) in [5.74, 6) is -2.18. The van der Waals surface area contributed by atoms with Gasteiger partial charge < -0.3 is 20.1 Å². The number of carbonyl (C=O) groups excluding carboxylic acids is 3. The third-order valence-corrected chi connectivity index (χ3v) is 3.61. The quantitative estimate of drug-likeness (QED) is 0.616. The third-order valence-electron chi connectivity index (χ3n) is 3.61. The Balaban J connectivity index is 3.02. The summed E-state index contributed by atoms with van der Waals surface area (Å²) >= 11 is 0. The average Bonchev–Trinajstić information content (AvgIpc) is 2.59. The molecular formula is C20H27F3N2O5. The number of halogens is 3. The third kappa shape index (κ3) is 10.1. The summed E-state index contributed by atoms with van der Waals surface area (Å²) in [6.45, 7) is 6.16. The minimum atomic E-state index is -4.71. The van der Waals surface area contributed by atoms with Crippen molar-refractivity contribution in [1.29, 1.82) is 0 Å². The molecule has 1 aromatic rings. The van der Waals surface area contributed by atoms with Crippen LogP contribution in [0.5, 0.6) is 0 Å². The fraction of sp³-hybridized carbons (Fsp3) is 0.550. The van der Waals surface area contributed by atoms with E-state index in [-0.39, 0.29) is 13.0 Å². The molecule has 0 radical (unpaired) electrons. The van der Waals surface area contributed by atoms with Crippen molar-refractivity contribution in [2.75, 3.05) is 6.61 Å². The van der Waals surface area contributed by atoms with E-state index in [4.69, 9.17) is 4.74 Å². The van der Waals surface area contributed by atoms with Gasteiger partial charge in [0.15, 0.2) is 0 Å². The molecule has 2 amide bonds. The Morgan fingerprint density at radius 3 is 2.10 bits per heavy atom. The van der Waals surface area contributed by atoms with Crippen molar-refractivity contribution in [2.24, 2.45) is 0 Å². The van der Waals surface area contributed by atoms with E-state index < -0.39 is 48.3 Å². The lowest BCUT2D eigenvalue weighted by Crippen LogP contribution is -2.54. The molecular weight excluding hydrogens is 405 g/mol. The maximum Gasteiger partial charge on any atom is 0.408 e. The molecule has 0 spiro atoms. The Kier molecular flexibility index (Phi) is 9.13. The van der Waals surface area contributed by atoms with Crippen molar-refractivity contribution < 1.29 is 37.0 Å². The Labute approximate surface area is 173 Å². The van der Waals surface area contributed by atoms with Gasteiger partial charge in [0, 0.05) is 6.42 Å². The molecule has 2 unspecified atom stereocenters. The summed E-state index contributed by atoms with van der Waals surface area (Å²) in [5.41, 5.74) is -0.195. The van der Waals surface area contributed by atoms with Crippen molar-refractivity contribution in [3.8, 4) is 0 Å². The number of hydrogen-bond donors (Lipinski definition) is 2. The largest absolute Gasteiger partial charge is 0.464 e. The number of alkyl halides is 3. The maximum absolute atomic E-state index is 12.9. The van der Waals surface area contributed by atoms with Gasteiger partial charge in [-0.3, -0.25) is 4.79 Å². The zero-order valence-electron chi connectivity index (χ0n) is 17.3. The Morgan fingerprint density at radius 2 is 1.60 bits per heavy atom. The van der Waals surface area contributed by atoms with Crippen LogP contribution in [0.2, 0.25) is 0 Å². The zero-order chi connectivity index (χ0) is 22.9. The van der Waals surface area contributed by atoms with Crippen LogP contribution in [0.25, 0.3) is 0 Å². The van der Waals surface area contributed by atoms with Crippen LogP contribution in [0.4, 0.5) is 18.0 Å². The molecule has 30 heavy (non-hydrogen) atoms. The Morgan fingerprint density at radius 1 is 1.00 bits per heavy atom. The second-order valence-corrected chi connectivity index (χ2v) is 7.52. The zero-order valence-corrected chi connectivity index (χ0v) is 17.3. The molecule has 0 bridgehead atoms. The van der Waals surface area contributed by atoms with Crippen molar-refractivity contribution in [2.45, 2.75) is 64.4 Å². The van der Waals surface area contributed by atoms with E-state index in [1.54, 1.807) is 51.1 Å². The standard InChI is InChI=1S/C20H27F3N2O5/c1-5-29-17(27)15(12-20(21,22)23)24-16(26)14(11-13-9-7-6-8-10-13)25-18(28)30-19(2,3)4/h6-10,14-15H,5,11-12H2,1-4H3,(H,24,26)(H,25,28). The lowest BCUT2D eigenvalue weighted by atomic mass is 10.0. The van der Waals surface area contributed by atoms with E-state index in [2.05, 4.69) is 10.1 Å². The molecule has 10 heteroatoms. The number of benzene rings is 1. The second kappa shape index (κ2) is 10.8. The normalized spacial score (nSPS) is 13.7. The van der Waals surface area contributed by atoms with Gasteiger partial charge in [-0.25, -0.2) is 9.59 Å². The van der Waals surface area contributed by atoms with Gasteiger partial charge in [-0.1, -0.05) is 30.3 Å². The first-order valence-corrected chi connectivity index (χ1v) is 9.38. The molecule has 7 nitrogen and oxygen atoms in total. The molecule has 2 N–H and O–H groups in total. The van der Waals surface area contributed by atoms with Crippen LogP contribution in [0.1, 0.15) is 39.7 Å². The van der Waals surface area contributed by atoms with E-state index in [0.29, 0.717) is 5.56 Å². The number of alkyl carbamates (subject to hydrolysis) is 1. The van der Waals surface area contributed by atoms with Crippen molar-refractivity contribution >= 4 is 18.0 Å². The molecule has 0 aliphatic heterocycles. The molecule has 0 aliphatic carbocycles. The minimum absolute atomic E-state index is 0.0204. The number of carbonyl (C=O) groups is 3. The molecule has 0 saturated heterocycles. The van der Waals surface area contributed by atoms with Gasteiger partial charge >= 0.3 is 18.2 Å².